The largest absolute Gasteiger partial charge is 0.347 e. The Balaban J connectivity index is 1.63. The highest BCUT2D eigenvalue weighted by Gasteiger charge is 2.49. The predicted molar refractivity (Wildman–Crippen MR) is 121 cm³/mol. The topological polar surface area (TPSA) is 108 Å². The molecule has 2 aromatic rings. The molecule has 0 saturated carbocycles. The molecule has 33 heavy (non-hydrogen) atoms. The van der Waals surface area contributed by atoms with Crippen molar-refractivity contribution in [3.05, 3.63) is 65.5 Å². The number of nitrogens with one attached hydrogen (secondary N) is 3. The van der Waals surface area contributed by atoms with E-state index in [4.69, 9.17) is 0 Å². The number of nitrogens with zero attached hydrogens (tertiary/aromatic N) is 1. The molecule has 0 spiro atoms. The van der Waals surface area contributed by atoms with E-state index in [9.17, 15) is 23.6 Å². The summed E-state index contributed by atoms with van der Waals surface area (Å²) < 4.78 is 13.2. The normalized spacial score (nSPS) is 18.2. The number of halogens is 1. The number of hydrogen-bond donors (Lipinski definition) is 3. The lowest BCUT2D eigenvalue weighted by Gasteiger charge is -2.24. The van der Waals surface area contributed by atoms with Crippen LogP contribution in [0.1, 0.15) is 50.0 Å². The van der Waals surface area contributed by atoms with E-state index in [1.807, 2.05) is 20.8 Å². The maximum atomic E-state index is 13.2. The third kappa shape index (κ3) is 5.19. The van der Waals surface area contributed by atoms with Gasteiger partial charge in [0.2, 0.25) is 5.91 Å². The molecule has 2 aromatic carbocycles. The van der Waals surface area contributed by atoms with Crippen LogP contribution in [-0.2, 0) is 15.1 Å². The summed E-state index contributed by atoms with van der Waals surface area (Å²) in [6.07, 6.45) is 0.774. The van der Waals surface area contributed by atoms with Crippen molar-refractivity contribution in [1.82, 2.24) is 15.5 Å². The van der Waals surface area contributed by atoms with Gasteiger partial charge >= 0.3 is 6.03 Å². The van der Waals surface area contributed by atoms with Gasteiger partial charge in [-0.05, 0) is 69.2 Å². The zero-order chi connectivity index (χ0) is 24.4. The van der Waals surface area contributed by atoms with E-state index < -0.39 is 35.7 Å². The van der Waals surface area contributed by atoms with Gasteiger partial charge in [-0.15, -0.1) is 0 Å². The highest BCUT2D eigenvalue weighted by Crippen LogP contribution is 2.29. The van der Waals surface area contributed by atoms with Gasteiger partial charge in [-0.3, -0.25) is 19.3 Å². The molecule has 0 aliphatic carbocycles. The maximum Gasteiger partial charge on any atom is 0.325 e. The Morgan fingerprint density at radius 1 is 1.06 bits per heavy atom. The van der Waals surface area contributed by atoms with Crippen LogP contribution in [0.3, 0.4) is 0 Å². The Morgan fingerprint density at radius 3 is 2.24 bits per heavy atom. The third-order valence-electron chi connectivity index (χ3n) is 5.76. The van der Waals surface area contributed by atoms with Gasteiger partial charge in [-0.2, -0.15) is 0 Å². The molecule has 8 nitrogen and oxygen atoms in total. The molecule has 9 heteroatoms. The van der Waals surface area contributed by atoms with E-state index in [1.54, 1.807) is 24.3 Å². The zero-order valence-electron chi connectivity index (χ0n) is 19.0. The third-order valence-corrected chi connectivity index (χ3v) is 5.76. The number of carbonyl (C=O) groups is 4. The second kappa shape index (κ2) is 9.01. The molecule has 3 rings (SSSR count). The molecule has 0 bridgehead atoms. The SMILES string of the molecule is CCC(C)(C)NC(=O)c1ccc(NC(=O)CN2C(=O)NC(C)(c3ccc(F)cc3)C2=O)cc1. The molecule has 3 N–H and O–H groups in total. The summed E-state index contributed by atoms with van der Waals surface area (Å²) in [6.45, 7) is 6.84. The van der Waals surface area contributed by atoms with Crippen molar-refractivity contribution < 1.29 is 23.6 Å². The fourth-order valence-corrected chi connectivity index (χ4v) is 3.34. The van der Waals surface area contributed by atoms with Gasteiger partial charge in [0.05, 0.1) is 0 Å². The first kappa shape index (κ1) is 23.9. The Bertz CT molecular complexity index is 1080. The minimum atomic E-state index is -1.40. The number of amides is 5. The lowest BCUT2D eigenvalue weighted by Crippen LogP contribution is -2.42. The number of urea groups is 1. The molecule has 1 saturated heterocycles. The van der Waals surface area contributed by atoms with Crippen molar-refractivity contribution in [3.63, 3.8) is 0 Å². The van der Waals surface area contributed by atoms with Gasteiger partial charge in [0.25, 0.3) is 11.8 Å². The molecule has 174 valence electrons. The Hall–Kier alpha value is -3.75. The van der Waals surface area contributed by atoms with Crippen molar-refractivity contribution in [1.29, 1.82) is 0 Å². The number of imide groups is 1. The number of anilines is 1. The van der Waals surface area contributed by atoms with Crippen LogP contribution < -0.4 is 16.0 Å². The molecule has 1 fully saturated rings. The van der Waals surface area contributed by atoms with Crippen LogP contribution in [-0.4, -0.2) is 40.7 Å². The van der Waals surface area contributed by atoms with Crippen LogP contribution in [0, 0.1) is 5.82 Å². The maximum absolute atomic E-state index is 13.2. The van der Waals surface area contributed by atoms with E-state index in [0.29, 0.717) is 16.8 Å². The minimum Gasteiger partial charge on any atom is -0.347 e. The van der Waals surface area contributed by atoms with Crippen LogP contribution in [0.4, 0.5) is 14.9 Å². The lowest BCUT2D eigenvalue weighted by atomic mass is 9.92. The monoisotopic (exact) mass is 454 g/mol. The summed E-state index contributed by atoms with van der Waals surface area (Å²) >= 11 is 0. The summed E-state index contributed by atoms with van der Waals surface area (Å²) in [5.74, 6) is -1.88. The Morgan fingerprint density at radius 2 is 1.67 bits per heavy atom. The summed E-state index contributed by atoms with van der Waals surface area (Å²) in [5, 5.41) is 8.11. The zero-order valence-corrected chi connectivity index (χ0v) is 19.0. The van der Waals surface area contributed by atoms with Gasteiger partial charge in [0.1, 0.15) is 17.9 Å². The summed E-state index contributed by atoms with van der Waals surface area (Å²) in [7, 11) is 0. The second-order valence-electron chi connectivity index (χ2n) is 8.77. The average molecular weight is 455 g/mol. The fourth-order valence-electron chi connectivity index (χ4n) is 3.34. The number of rotatable bonds is 7. The molecule has 5 amide bonds. The minimum absolute atomic E-state index is 0.223. The van der Waals surface area contributed by atoms with E-state index in [2.05, 4.69) is 16.0 Å². The first-order valence-corrected chi connectivity index (χ1v) is 10.6. The van der Waals surface area contributed by atoms with Gasteiger partial charge in [-0.25, -0.2) is 9.18 Å². The molecular formula is C24H27FN4O4. The van der Waals surface area contributed by atoms with Crippen molar-refractivity contribution >= 4 is 29.4 Å². The van der Waals surface area contributed by atoms with Crippen LogP contribution in [0.15, 0.2) is 48.5 Å². The highest BCUT2D eigenvalue weighted by molar-refractivity contribution is 6.10. The number of carbonyl (C=O) groups excluding carboxylic acids is 4. The van der Waals surface area contributed by atoms with Crippen LogP contribution in [0.2, 0.25) is 0 Å². The molecule has 0 aromatic heterocycles. The molecule has 1 aliphatic heterocycles. The number of hydrogen-bond acceptors (Lipinski definition) is 4. The average Bonchev–Trinajstić information content (AvgIpc) is 2.98. The molecular weight excluding hydrogens is 427 g/mol. The Kier molecular flexibility index (Phi) is 6.53. The first-order valence-electron chi connectivity index (χ1n) is 10.6. The van der Waals surface area contributed by atoms with Gasteiger partial charge < -0.3 is 16.0 Å². The van der Waals surface area contributed by atoms with Crippen LogP contribution in [0.5, 0.6) is 0 Å². The van der Waals surface area contributed by atoms with Gasteiger partial charge in [0.15, 0.2) is 0 Å². The van der Waals surface area contributed by atoms with E-state index >= 15 is 0 Å². The smallest absolute Gasteiger partial charge is 0.325 e. The van der Waals surface area contributed by atoms with Crippen molar-refractivity contribution in [2.75, 3.05) is 11.9 Å². The number of benzene rings is 2. The molecule has 1 atom stereocenters. The Labute approximate surface area is 191 Å². The van der Waals surface area contributed by atoms with Crippen LogP contribution >= 0.6 is 0 Å². The summed E-state index contributed by atoms with van der Waals surface area (Å²) in [4.78, 5) is 50.9. The highest BCUT2D eigenvalue weighted by atomic mass is 19.1. The van der Waals surface area contributed by atoms with Crippen molar-refractivity contribution in [3.8, 4) is 0 Å². The molecule has 0 radical (unpaired) electrons. The quantitative estimate of drug-likeness (QED) is 0.559. The van der Waals surface area contributed by atoms with Crippen LogP contribution in [0.25, 0.3) is 0 Å². The second-order valence-corrected chi connectivity index (χ2v) is 8.77. The lowest BCUT2D eigenvalue weighted by molar-refractivity contribution is -0.133. The van der Waals surface area contributed by atoms with E-state index in [0.717, 1.165) is 11.3 Å². The standard InChI is InChI=1S/C24H27FN4O4/c1-5-23(2,3)27-20(31)15-6-12-18(13-7-15)26-19(30)14-29-21(32)24(4,28-22(29)33)16-8-10-17(25)11-9-16/h6-13H,5,14H2,1-4H3,(H,26,30)(H,27,31)(H,28,33). The van der Waals surface area contributed by atoms with Crippen molar-refractivity contribution in [2.24, 2.45) is 0 Å². The van der Waals surface area contributed by atoms with E-state index in [1.165, 1.54) is 31.2 Å². The fraction of sp³-hybridized carbons (Fsp3) is 0.333. The molecule has 1 unspecified atom stereocenters. The summed E-state index contributed by atoms with van der Waals surface area (Å²) in [5.41, 5.74) is -0.467. The van der Waals surface area contributed by atoms with Gasteiger partial charge in [0, 0.05) is 16.8 Å². The van der Waals surface area contributed by atoms with E-state index in [-0.39, 0.29) is 11.4 Å². The predicted octanol–water partition coefficient (Wildman–Crippen LogP) is 3.15. The molecule has 1 aliphatic rings. The summed E-state index contributed by atoms with van der Waals surface area (Å²) in [6, 6.07) is 10.8. The van der Waals surface area contributed by atoms with Crippen molar-refractivity contribution in [2.45, 2.75) is 45.2 Å². The molecule has 1 heterocycles. The first-order chi connectivity index (χ1) is 15.4. The van der Waals surface area contributed by atoms with Gasteiger partial charge in [-0.1, -0.05) is 19.1 Å².